The predicted molar refractivity (Wildman–Crippen MR) is 171 cm³/mol. The molecule has 5 rings (SSSR count). The highest BCUT2D eigenvalue weighted by atomic mass is 32.1. The fraction of sp³-hybridized carbons (Fsp3) is 0.286. The summed E-state index contributed by atoms with van der Waals surface area (Å²) in [7, 11) is 0. The number of hydrogen-bond donors (Lipinski definition) is 0. The van der Waals surface area contributed by atoms with Gasteiger partial charge in [-0.05, 0) is 82.2 Å². The maximum Gasteiger partial charge on any atom is 0.338 e. The molecule has 0 fully saturated rings. The first kappa shape index (κ1) is 31.7. The molecule has 1 aliphatic rings. The third kappa shape index (κ3) is 7.01. The van der Waals surface area contributed by atoms with E-state index in [4.69, 9.17) is 18.9 Å². The number of rotatable bonds is 11. The molecule has 0 spiro atoms. The summed E-state index contributed by atoms with van der Waals surface area (Å²) in [6.45, 7) is 10.0. The van der Waals surface area contributed by atoms with E-state index in [0.29, 0.717) is 44.4 Å². The van der Waals surface area contributed by atoms with E-state index in [1.165, 1.54) is 23.5 Å². The third-order valence-electron chi connectivity index (χ3n) is 6.97. The van der Waals surface area contributed by atoms with Crippen LogP contribution in [0.3, 0.4) is 0 Å². The van der Waals surface area contributed by atoms with Gasteiger partial charge in [-0.15, -0.1) is 0 Å². The summed E-state index contributed by atoms with van der Waals surface area (Å²) >= 11 is 1.24. The van der Waals surface area contributed by atoms with Gasteiger partial charge in [-0.3, -0.25) is 9.36 Å². The quantitative estimate of drug-likeness (QED) is 0.198. The Bertz CT molecular complexity index is 1910. The van der Waals surface area contributed by atoms with Crippen molar-refractivity contribution in [2.24, 2.45) is 4.99 Å². The van der Waals surface area contributed by atoms with Gasteiger partial charge in [0.15, 0.2) is 16.3 Å². The van der Waals surface area contributed by atoms with E-state index in [2.05, 4.69) is 4.99 Å². The van der Waals surface area contributed by atoms with E-state index in [1.807, 2.05) is 51.1 Å². The summed E-state index contributed by atoms with van der Waals surface area (Å²) in [5, 5.41) is 0. The van der Waals surface area contributed by atoms with E-state index < -0.39 is 12.0 Å². The topological polar surface area (TPSA) is 88.4 Å². The SMILES string of the molecule is CCOC(=O)C1=C(C)N=c2s/c(=C/c3ccc(OCc4ccc(F)cc4)c(OCC)c3)c(=O)n2C1c1ccccc1OC(C)C. The molecule has 10 heteroatoms. The number of carbonyl (C=O) groups excluding carboxylic acids is 1. The maximum absolute atomic E-state index is 14.1. The number of benzene rings is 3. The van der Waals surface area contributed by atoms with Gasteiger partial charge in [0, 0.05) is 5.56 Å². The molecule has 0 radical (unpaired) electrons. The molecule has 0 aliphatic carbocycles. The highest BCUT2D eigenvalue weighted by Crippen LogP contribution is 2.36. The molecule has 1 unspecified atom stereocenters. The summed E-state index contributed by atoms with van der Waals surface area (Å²) in [5.74, 6) is 0.765. The van der Waals surface area contributed by atoms with Crippen LogP contribution in [0.15, 0.2) is 87.8 Å². The second-order valence-electron chi connectivity index (χ2n) is 10.6. The Hall–Kier alpha value is -4.70. The lowest BCUT2D eigenvalue weighted by Gasteiger charge is -2.26. The lowest BCUT2D eigenvalue weighted by molar-refractivity contribution is -0.139. The van der Waals surface area contributed by atoms with Crippen molar-refractivity contribution in [2.45, 2.75) is 53.4 Å². The highest BCUT2D eigenvalue weighted by molar-refractivity contribution is 7.07. The molecule has 0 N–H and O–H groups in total. The Balaban J connectivity index is 1.58. The molecule has 1 atom stereocenters. The van der Waals surface area contributed by atoms with Crippen LogP contribution in [-0.4, -0.2) is 29.9 Å². The number of para-hydroxylation sites is 1. The zero-order valence-corrected chi connectivity index (χ0v) is 26.7. The van der Waals surface area contributed by atoms with Gasteiger partial charge in [0.1, 0.15) is 24.2 Å². The number of hydrogen-bond acceptors (Lipinski definition) is 8. The zero-order chi connectivity index (χ0) is 32.1. The number of thiazole rings is 1. The second kappa shape index (κ2) is 13.9. The monoisotopic (exact) mass is 630 g/mol. The number of carbonyl (C=O) groups is 1. The second-order valence-corrected chi connectivity index (χ2v) is 11.6. The summed E-state index contributed by atoms with van der Waals surface area (Å²) in [5.41, 5.74) is 2.67. The maximum atomic E-state index is 14.1. The summed E-state index contributed by atoms with van der Waals surface area (Å²) in [4.78, 5) is 32.5. The highest BCUT2D eigenvalue weighted by Gasteiger charge is 2.35. The van der Waals surface area contributed by atoms with Crippen LogP contribution in [0.1, 0.15) is 57.4 Å². The Kier molecular flexibility index (Phi) is 9.83. The molecule has 45 heavy (non-hydrogen) atoms. The molecular formula is C35H35FN2O6S. The van der Waals surface area contributed by atoms with E-state index in [-0.39, 0.29) is 36.3 Å². The van der Waals surface area contributed by atoms with Crippen molar-refractivity contribution in [1.82, 2.24) is 4.57 Å². The minimum absolute atomic E-state index is 0.125. The van der Waals surface area contributed by atoms with Crippen LogP contribution in [0.4, 0.5) is 4.39 Å². The molecule has 0 bridgehead atoms. The number of nitrogens with zero attached hydrogens (tertiary/aromatic N) is 2. The summed E-state index contributed by atoms with van der Waals surface area (Å²) in [6, 6.07) is 18.1. The van der Waals surface area contributed by atoms with Crippen LogP contribution in [0.2, 0.25) is 0 Å². The Morgan fingerprint density at radius 3 is 2.47 bits per heavy atom. The van der Waals surface area contributed by atoms with Crippen LogP contribution < -0.4 is 29.1 Å². The third-order valence-corrected chi connectivity index (χ3v) is 7.95. The molecule has 3 aromatic carbocycles. The molecule has 0 amide bonds. The smallest absolute Gasteiger partial charge is 0.338 e. The first-order chi connectivity index (χ1) is 21.7. The minimum atomic E-state index is -0.793. The van der Waals surface area contributed by atoms with E-state index in [0.717, 1.165) is 11.1 Å². The molecular weight excluding hydrogens is 595 g/mol. The molecule has 1 aromatic heterocycles. The van der Waals surface area contributed by atoms with Crippen molar-refractivity contribution < 1.29 is 28.1 Å². The van der Waals surface area contributed by atoms with Crippen molar-refractivity contribution >= 4 is 23.4 Å². The lowest BCUT2D eigenvalue weighted by atomic mass is 9.95. The largest absolute Gasteiger partial charge is 0.491 e. The van der Waals surface area contributed by atoms with Gasteiger partial charge in [-0.1, -0.05) is 47.7 Å². The predicted octanol–water partition coefficient (Wildman–Crippen LogP) is 5.70. The average Bonchev–Trinajstić information content (AvgIpc) is 3.31. The average molecular weight is 631 g/mol. The molecule has 4 aromatic rings. The molecule has 8 nitrogen and oxygen atoms in total. The van der Waals surface area contributed by atoms with E-state index in [9.17, 15) is 14.0 Å². The Labute approximate surface area is 264 Å². The Morgan fingerprint density at radius 2 is 1.76 bits per heavy atom. The van der Waals surface area contributed by atoms with Gasteiger partial charge < -0.3 is 18.9 Å². The van der Waals surface area contributed by atoms with Crippen LogP contribution in [0.5, 0.6) is 17.2 Å². The molecule has 0 saturated carbocycles. The van der Waals surface area contributed by atoms with E-state index in [1.54, 1.807) is 48.8 Å². The number of aromatic nitrogens is 1. The van der Waals surface area contributed by atoms with Gasteiger partial charge in [0.25, 0.3) is 5.56 Å². The van der Waals surface area contributed by atoms with E-state index >= 15 is 0 Å². The summed E-state index contributed by atoms with van der Waals surface area (Å²) < 4.78 is 38.6. The molecule has 234 valence electrons. The molecule has 0 saturated heterocycles. The van der Waals surface area contributed by atoms with Crippen molar-refractivity contribution in [3.8, 4) is 17.2 Å². The molecule has 2 heterocycles. The van der Waals surface area contributed by atoms with Crippen molar-refractivity contribution in [2.75, 3.05) is 13.2 Å². The number of esters is 1. The number of allylic oxidation sites excluding steroid dienone is 1. The van der Waals surface area contributed by atoms with Crippen molar-refractivity contribution in [3.63, 3.8) is 0 Å². The fourth-order valence-corrected chi connectivity index (χ4v) is 6.10. The van der Waals surface area contributed by atoms with Crippen LogP contribution in [0, 0.1) is 5.82 Å². The molecule has 1 aliphatic heterocycles. The number of halogens is 1. The van der Waals surface area contributed by atoms with Gasteiger partial charge in [0.05, 0.1) is 35.1 Å². The lowest BCUT2D eigenvalue weighted by Crippen LogP contribution is -2.40. The summed E-state index contributed by atoms with van der Waals surface area (Å²) in [6.07, 6.45) is 1.65. The van der Waals surface area contributed by atoms with Gasteiger partial charge in [0.2, 0.25) is 0 Å². The minimum Gasteiger partial charge on any atom is -0.491 e. The first-order valence-corrected chi connectivity index (χ1v) is 15.6. The Morgan fingerprint density at radius 1 is 1.00 bits per heavy atom. The fourth-order valence-electron chi connectivity index (χ4n) is 5.05. The van der Waals surface area contributed by atoms with Gasteiger partial charge in [-0.25, -0.2) is 14.2 Å². The van der Waals surface area contributed by atoms with Crippen molar-refractivity contribution in [3.05, 3.63) is 120 Å². The first-order valence-electron chi connectivity index (χ1n) is 14.8. The van der Waals surface area contributed by atoms with Gasteiger partial charge in [-0.2, -0.15) is 0 Å². The standard InChI is InChI=1S/C35H35FN2O6S/c1-6-41-29-18-24(14-17-28(29)43-20-23-12-15-25(36)16-13-23)19-30-33(39)38-32(26-10-8-9-11-27(26)44-21(3)4)31(34(40)42-7-2)22(5)37-35(38)45-30/h8-19,21,32H,6-7,20H2,1-5H3/b30-19+. The van der Waals surface area contributed by atoms with Crippen LogP contribution >= 0.6 is 11.3 Å². The zero-order valence-electron chi connectivity index (χ0n) is 25.8. The van der Waals surface area contributed by atoms with Crippen LogP contribution in [-0.2, 0) is 16.1 Å². The van der Waals surface area contributed by atoms with Crippen molar-refractivity contribution in [1.29, 1.82) is 0 Å². The van der Waals surface area contributed by atoms with Gasteiger partial charge >= 0.3 is 5.97 Å². The number of ether oxygens (including phenoxy) is 4. The van der Waals surface area contributed by atoms with Crippen LogP contribution in [0.25, 0.3) is 6.08 Å². The number of fused-ring (bicyclic) bond motifs is 1. The normalized spacial score (nSPS) is 14.6.